The van der Waals surface area contributed by atoms with Crippen molar-refractivity contribution in [2.45, 2.75) is 17.5 Å². The summed E-state index contributed by atoms with van der Waals surface area (Å²) in [4.78, 5) is 31.6. The van der Waals surface area contributed by atoms with Gasteiger partial charge in [0.15, 0.2) is 6.04 Å². The van der Waals surface area contributed by atoms with Crippen LogP contribution in [0.4, 0.5) is 11.4 Å². The lowest BCUT2D eigenvalue weighted by atomic mass is 10.2. The molecule has 0 spiro atoms. The fourth-order valence-corrected chi connectivity index (χ4v) is 3.89. The zero-order valence-electron chi connectivity index (χ0n) is 17.2. The van der Waals surface area contributed by atoms with Gasteiger partial charge in [0, 0.05) is 15.6 Å². The summed E-state index contributed by atoms with van der Waals surface area (Å²) in [6, 6.07) is 22.0. The van der Waals surface area contributed by atoms with Gasteiger partial charge in [-0.1, -0.05) is 65.8 Å². The summed E-state index contributed by atoms with van der Waals surface area (Å²) in [5.41, 5.74) is 7.89. The summed E-state index contributed by atoms with van der Waals surface area (Å²) in [6.07, 6.45) is 0. The number of hydrogen-bond donors (Lipinski definition) is 1. The molecular formula is C24H21ClN2O4S. The number of ether oxygens (including phenoxy) is 1. The first-order valence-corrected chi connectivity index (χ1v) is 10.8. The van der Waals surface area contributed by atoms with Crippen molar-refractivity contribution in [1.29, 1.82) is 0 Å². The Labute approximate surface area is 195 Å². The zero-order valence-corrected chi connectivity index (χ0v) is 18.8. The molecule has 0 fully saturated rings. The molecule has 0 aromatic heterocycles. The lowest BCUT2D eigenvalue weighted by Gasteiger charge is -2.31. The maximum Gasteiger partial charge on any atom is 0.337 e. The molecule has 0 bridgehead atoms. The molecular weight excluding hydrogens is 448 g/mol. The minimum absolute atomic E-state index is 0.0396. The normalized spacial score (nSPS) is 11.3. The van der Waals surface area contributed by atoms with E-state index in [1.54, 1.807) is 48.5 Å². The minimum Gasteiger partial charge on any atom is -0.467 e. The largest absolute Gasteiger partial charge is 0.467 e. The summed E-state index contributed by atoms with van der Waals surface area (Å²) in [6.45, 7) is 0.154. The molecule has 2 N–H and O–H groups in total. The van der Waals surface area contributed by atoms with Crippen LogP contribution in [0.15, 0.2) is 88.7 Å². The molecule has 3 aromatic carbocycles. The number of carbonyl (C=O) groups is 1. The smallest absolute Gasteiger partial charge is 0.337 e. The average molecular weight is 469 g/mol. The van der Waals surface area contributed by atoms with E-state index >= 15 is 0 Å². The summed E-state index contributed by atoms with van der Waals surface area (Å²) in [5, 5.41) is 1.85. The molecule has 3 rings (SSSR count). The summed E-state index contributed by atoms with van der Waals surface area (Å²) in [7, 11) is 1.25. The predicted octanol–water partition coefficient (Wildman–Crippen LogP) is 4.91. The Morgan fingerprint density at radius 2 is 1.72 bits per heavy atom. The zero-order chi connectivity index (χ0) is 22.9. The molecule has 6 nitrogen and oxygen atoms in total. The SMILES string of the molecule is COC(=O)C(C(=C=O)Sc1ccccc1N)N(OCc1ccccc1)c1ccc(Cl)cc1. The number of benzene rings is 3. The Morgan fingerprint density at radius 1 is 1.06 bits per heavy atom. The van der Waals surface area contributed by atoms with E-state index in [1.807, 2.05) is 36.3 Å². The number of carbonyl (C=O) groups excluding carboxylic acids is 2. The highest BCUT2D eigenvalue weighted by Gasteiger charge is 2.34. The van der Waals surface area contributed by atoms with Crippen molar-refractivity contribution in [2.24, 2.45) is 0 Å². The molecule has 1 atom stereocenters. The minimum atomic E-state index is -1.22. The van der Waals surface area contributed by atoms with Crippen molar-refractivity contribution in [3.8, 4) is 0 Å². The second-order valence-corrected chi connectivity index (χ2v) is 8.11. The Bertz CT molecular complexity index is 1100. The summed E-state index contributed by atoms with van der Waals surface area (Å²) in [5.74, 6) is 1.19. The van der Waals surface area contributed by atoms with Gasteiger partial charge in [-0.15, -0.1) is 0 Å². The Morgan fingerprint density at radius 3 is 2.34 bits per heavy atom. The van der Waals surface area contributed by atoms with Crippen molar-refractivity contribution in [3.05, 3.63) is 94.4 Å². The molecule has 8 heteroatoms. The van der Waals surface area contributed by atoms with Crippen molar-refractivity contribution in [2.75, 3.05) is 17.9 Å². The first kappa shape index (κ1) is 23.4. The molecule has 0 heterocycles. The Hall–Kier alpha value is -3.22. The van der Waals surface area contributed by atoms with Gasteiger partial charge in [-0.25, -0.2) is 14.7 Å². The average Bonchev–Trinajstić information content (AvgIpc) is 2.82. The Balaban J connectivity index is 2.00. The van der Waals surface area contributed by atoms with E-state index in [9.17, 15) is 9.59 Å². The number of hydrogen-bond acceptors (Lipinski definition) is 7. The number of nitrogens with two attached hydrogens (primary N) is 1. The highest BCUT2D eigenvalue weighted by molar-refractivity contribution is 8.03. The standard InChI is InChI=1S/C24H21ClN2O4S/c1-30-24(29)23(22(15-28)32-21-10-6-5-9-20(21)26)27(19-13-11-18(25)12-14-19)31-16-17-7-3-2-4-8-17/h2-14,23H,16,26H2,1H3. The van der Waals surface area contributed by atoms with Crippen LogP contribution < -0.4 is 10.8 Å². The van der Waals surface area contributed by atoms with Crippen LogP contribution in [0.3, 0.4) is 0 Å². The topological polar surface area (TPSA) is 81.9 Å². The van der Waals surface area contributed by atoms with E-state index in [2.05, 4.69) is 0 Å². The van der Waals surface area contributed by atoms with Gasteiger partial charge in [0.2, 0.25) is 0 Å². The number of hydroxylamine groups is 1. The van der Waals surface area contributed by atoms with Crippen molar-refractivity contribution in [1.82, 2.24) is 0 Å². The predicted molar refractivity (Wildman–Crippen MR) is 127 cm³/mol. The number of para-hydroxylation sites is 1. The van der Waals surface area contributed by atoms with E-state index in [0.29, 0.717) is 21.3 Å². The van der Waals surface area contributed by atoms with Crippen LogP contribution in [0.25, 0.3) is 0 Å². The third-order valence-electron chi connectivity index (χ3n) is 4.44. The highest BCUT2D eigenvalue weighted by atomic mass is 35.5. The quantitative estimate of drug-likeness (QED) is 0.157. The third kappa shape index (κ3) is 5.93. The molecule has 0 aliphatic rings. The van der Waals surface area contributed by atoms with E-state index in [4.69, 9.17) is 26.9 Å². The molecule has 0 radical (unpaired) electrons. The lowest BCUT2D eigenvalue weighted by Crippen LogP contribution is -2.43. The van der Waals surface area contributed by atoms with E-state index in [1.165, 1.54) is 12.2 Å². The molecule has 0 aliphatic heterocycles. The highest BCUT2D eigenvalue weighted by Crippen LogP contribution is 2.35. The van der Waals surface area contributed by atoms with Crippen LogP contribution in [0.5, 0.6) is 0 Å². The second-order valence-electron chi connectivity index (χ2n) is 6.59. The van der Waals surface area contributed by atoms with Crippen LogP contribution in [-0.4, -0.2) is 25.1 Å². The number of nitrogens with zero attached hydrogens (tertiary/aromatic N) is 1. The number of methoxy groups -OCH3 is 1. The van der Waals surface area contributed by atoms with Crippen LogP contribution >= 0.6 is 23.4 Å². The van der Waals surface area contributed by atoms with Gasteiger partial charge in [0.25, 0.3) is 0 Å². The van der Waals surface area contributed by atoms with Gasteiger partial charge in [-0.3, -0.25) is 4.84 Å². The van der Waals surface area contributed by atoms with Gasteiger partial charge in [0.05, 0.1) is 19.4 Å². The van der Waals surface area contributed by atoms with Crippen LogP contribution in [-0.2, 0) is 25.8 Å². The maximum atomic E-state index is 12.9. The van der Waals surface area contributed by atoms with E-state index < -0.39 is 12.0 Å². The van der Waals surface area contributed by atoms with Crippen molar-refractivity contribution in [3.63, 3.8) is 0 Å². The Kier molecular flexibility index (Phi) is 8.36. The number of thioether (sulfide) groups is 1. The van der Waals surface area contributed by atoms with Crippen molar-refractivity contribution >= 4 is 46.6 Å². The number of nitrogen functional groups attached to an aromatic ring is 1. The van der Waals surface area contributed by atoms with Gasteiger partial charge >= 0.3 is 5.97 Å². The molecule has 164 valence electrons. The fraction of sp³-hybridized carbons (Fsp3) is 0.125. The summed E-state index contributed by atoms with van der Waals surface area (Å²) >= 11 is 7.07. The van der Waals surface area contributed by atoms with Gasteiger partial charge < -0.3 is 10.5 Å². The van der Waals surface area contributed by atoms with Crippen LogP contribution in [0.2, 0.25) is 5.02 Å². The summed E-state index contributed by atoms with van der Waals surface area (Å²) < 4.78 is 5.01. The first-order valence-electron chi connectivity index (χ1n) is 9.60. The van der Waals surface area contributed by atoms with E-state index in [-0.39, 0.29) is 11.5 Å². The number of esters is 1. The molecule has 0 saturated heterocycles. The monoisotopic (exact) mass is 468 g/mol. The van der Waals surface area contributed by atoms with Gasteiger partial charge in [0.1, 0.15) is 10.8 Å². The first-order chi connectivity index (χ1) is 15.5. The lowest BCUT2D eigenvalue weighted by molar-refractivity contribution is -0.143. The molecule has 32 heavy (non-hydrogen) atoms. The van der Waals surface area contributed by atoms with E-state index in [0.717, 1.165) is 17.3 Å². The van der Waals surface area contributed by atoms with Crippen molar-refractivity contribution < 1.29 is 19.2 Å². The molecule has 1 unspecified atom stereocenters. The number of rotatable bonds is 9. The third-order valence-corrected chi connectivity index (χ3v) is 5.81. The second kappa shape index (κ2) is 11.4. The van der Waals surface area contributed by atoms with Gasteiger partial charge in [-0.2, -0.15) is 0 Å². The number of anilines is 2. The van der Waals surface area contributed by atoms with Gasteiger partial charge in [-0.05, 0) is 42.0 Å². The van der Waals surface area contributed by atoms with Crippen LogP contribution in [0, 0.1) is 0 Å². The van der Waals surface area contributed by atoms with Crippen LogP contribution in [0.1, 0.15) is 5.56 Å². The molecule has 0 amide bonds. The molecule has 0 saturated carbocycles. The molecule has 3 aromatic rings. The molecule has 0 aliphatic carbocycles. The fourth-order valence-electron chi connectivity index (χ4n) is 2.85. The maximum absolute atomic E-state index is 12.9. The number of halogens is 1.